The number of benzene rings is 2. The molecule has 0 spiro atoms. The molecule has 30 heavy (non-hydrogen) atoms. The zero-order valence-electron chi connectivity index (χ0n) is 17.3. The summed E-state index contributed by atoms with van der Waals surface area (Å²) in [6.45, 7) is 5.31. The van der Waals surface area contributed by atoms with Gasteiger partial charge < -0.3 is 9.67 Å². The second-order valence-electron chi connectivity index (χ2n) is 8.06. The fourth-order valence-electron chi connectivity index (χ4n) is 4.68. The molecule has 0 radical (unpaired) electrons. The summed E-state index contributed by atoms with van der Waals surface area (Å²) in [4.78, 5) is 14.0. The molecule has 1 aliphatic rings. The van der Waals surface area contributed by atoms with Crippen LogP contribution in [0.15, 0.2) is 48.5 Å². The van der Waals surface area contributed by atoms with E-state index in [0.717, 1.165) is 44.5 Å². The number of fused-ring (bicyclic) bond motifs is 1. The molecular weight excluding hydrogens is 378 g/mol. The molecule has 3 aromatic rings. The molecule has 1 aliphatic heterocycles. The molecule has 0 aliphatic carbocycles. The Bertz CT molecular complexity index is 1030. The Hall–Kier alpha value is -2.67. The number of hydrogen-bond donors (Lipinski definition) is 3. The summed E-state index contributed by atoms with van der Waals surface area (Å²) in [7, 11) is 0. The van der Waals surface area contributed by atoms with Crippen LogP contribution in [0.3, 0.4) is 0 Å². The number of hydrogen-bond acceptors (Lipinski definition) is 4. The first kappa shape index (κ1) is 20.6. The monoisotopic (exact) mass is 407 g/mol. The number of aliphatic hydroxyl groups is 1. The molecule has 1 atom stereocenters. The van der Waals surface area contributed by atoms with Crippen LogP contribution in [-0.4, -0.2) is 51.4 Å². The molecule has 1 saturated heterocycles. The van der Waals surface area contributed by atoms with E-state index in [4.69, 9.17) is 5.21 Å². The van der Waals surface area contributed by atoms with Gasteiger partial charge in [-0.1, -0.05) is 30.3 Å². The van der Waals surface area contributed by atoms with Gasteiger partial charge in [-0.2, -0.15) is 0 Å². The van der Waals surface area contributed by atoms with Crippen LogP contribution in [0.2, 0.25) is 0 Å². The van der Waals surface area contributed by atoms with Gasteiger partial charge in [-0.25, -0.2) is 5.48 Å². The predicted molar refractivity (Wildman–Crippen MR) is 117 cm³/mol. The highest BCUT2D eigenvalue weighted by Crippen LogP contribution is 2.28. The Morgan fingerprint density at radius 3 is 2.63 bits per heavy atom. The van der Waals surface area contributed by atoms with Gasteiger partial charge in [0.05, 0.1) is 6.61 Å². The number of rotatable bonds is 7. The third-order valence-electron chi connectivity index (χ3n) is 6.38. The van der Waals surface area contributed by atoms with E-state index in [1.54, 1.807) is 17.6 Å². The van der Waals surface area contributed by atoms with Gasteiger partial charge in [-0.15, -0.1) is 0 Å². The van der Waals surface area contributed by atoms with Crippen molar-refractivity contribution < 1.29 is 15.1 Å². The van der Waals surface area contributed by atoms with Crippen LogP contribution in [0.4, 0.5) is 0 Å². The van der Waals surface area contributed by atoms with Crippen LogP contribution in [-0.2, 0) is 13.0 Å². The van der Waals surface area contributed by atoms with E-state index in [1.165, 1.54) is 22.2 Å². The predicted octanol–water partition coefficient (Wildman–Crippen LogP) is 3.12. The van der Waals surface area contributed by atoms with Gasteiger partial charge >= 0.3 is 0 Å². The van der Waals surface area contributed by atoms with E-state index in [9.17, 15) is 9.90 Å². The number of nitrogens with one attached hydrogen (secondary N) is 1. The largest absolute Gasteiger partial charge is 0.395 e. The Kier molecular flexibility index (Phi) is 6.18. The van der Waals surface area contributed by atoms with Gasteiger partial charge in [0.25, 0.3) is 5.91 Å². The van der Waals surface area contributed by atoms with Crippen molar-refractivity contribution in [1.29, 1.82) is 0 Å². The topological polar surface area (TPSA) is 77.7 Å². The van der Waals surface area contributed by atoms with E-state index >= 15 is 0 Å². The zero-order chi connectivity index (χ0) is 21.1. The Balaban J connectivity index is 1.59. The maximum Gasteiger partial charge on any atom is 0.274 e. The maximum absolute atomic E-state index is 11.6. The number of para-hydroxylation sites is 1. The molecular formula is C24H29N3O3. The fraction of sp³-hybridized carbons (Fsp3) is 0.375. The second-order valence-corrected chi connectivity index (χ2v) is 8.06. The van der Waals surface area contributed by atoms with Crippen LogP contribution in [0.5, 0.6) is 0 Å². The number of aliphatic hydroxyl groups excluding tert-OH is 1. The lowest BCUT2D eigenvalue weighted by atomic mass is 10.0. The lowest BCUT2D eigenvalue weighted by Gasteiger charge is -2.23. The highest BCUT2D eigenvalue weighted by Gasteiger charge is 2.24. The maximum atomic E-state index is 11.6. The zero-order valence-corrected chi connectivity index (χ0v) is 17.3. The average Bonchev–Trinajstić information content (AvgIpc) is 3.35. The van der Waals surface area contributed by atoms with Crippen molar-refractivity contribution in [2.24, 2.45) is 0 Å². The van der Waals surface area contributed by atoms with Gasteiger partial charge in [0.2, 0.25) is 0 Å². The average molecular weight is 408 g/mol. The number of likely N-dealkylation sites (tertiary alicyclic amines) is 1. The third kappa shape index (κ3) is 3.99. The summed E-state index contributed by atoms with van der Waals surface area (Å²) in [5.74, 6) is -0.502. The highest BCUT2D eigenvalue weighted by molar-refractivity contribution is 5.93. The van der Waals surface area contributed by atoms with Crippen LogP contribution in [0.1, 0.15) is 40.0 Å². The van der Waals surface area contributed by atoms with Crippen LogP contribution < -0.4 is 5.48 Å². The quantitative estimate of drug-likeness (QED) is 0.415. The molecule has 2 heterocycles. The normalized spacial score (nSPS) is 17.0. The van der Waals surface area contributed by atoms with E-state index < -0.39 is 5.91 Å². The fourth-order valence-corrected chi connectivity index (χ4v) is 4.68. The molecule has 158 valence electrons. The molecule has 4 rings (SSSR count). The Labute approximate surface area is 176 Å². The number of carbonyl (C=O) groups is 1. The van der Waals surface area contributed by atoms with Crippen molar-refractivity contribution >= 4 is 16.8 Å². The summed E-state index contributed by atoms with van der Waals surface area (Å²) >= 11 is 0. The van der Waals surface area contributed by atoms with Gasteiger partial charge in [-0.05, 0) is 62.1 Å². The summed E-state index contributed by atoms with van der Waals surface area (Å²) in [5.41, 5.74) is 7.02. The van der Waals surface area contributed by atoms with Crippen molar-refractivity contribution in [2.75, 3.05) is 19.7 Å². The van der Waals surface area contributed by atoms with Crippen molar-refractivity contribution in [2.45, 2.75) is 38.8 Å². The van der Waals surface area contributed by atoms with Crippen molar-refractivity contribution in [3.8, 4) is 0 Å². The number of amides is 1. The minimum atomic E-state index is -0.502. The Morgan fingerprint density at radius 1 is 1.13 bits per heavy atom. The summed E-state index contributed by atoms with van der Waals surface area (Å²) in [5, 5.41) is 19.7. The van der Waals surface area contributed by atoms with Crippen LogP contribution in [0, 0.1) is 6.92 Å². The lowest BCUT2D eigenvalue weighted by molar-refractivity contribution is 0.0706. The van der Waals surface area contributed by atoms with Crippen molar-refractivity contribution in [3.63, 3.8) is 0 Å². The molecule has 0 unspecified atom stereocenters. The van der Waals surface area contributed by atoms with E-state index in [0.29, 0.717) is 11.6 Å². The summed E-state index contributed by atoms with van der Waals surface area (Å²) in [6, 6.07) is 16.1. The van der Waals surface area contributed by atoms with E-state index in [-0.39, 0.29) is 6.61 Å². The van der Waals surface area contributed by atoms with Crippen LogP contribution in [0.25, 0.3) is 10.9 Å². The first-order valence-electron chi connectivity index (χ1n) is 10.6. The minimum Gasteiger partial charge on any atom is -0.395 e. The molecule has 0 saturated carbocycles. The van der Waals surface area contributed by atoms with Crippen molar-refractivity contribution in [1.82, 2.24) is 14.9 Å². The number of hydroxylamine groups is 1. The summed E-state index contributed by atoms with van der Waals surface area (Å²) < 4.78 is 2.39. The van der Waals surface area contributed by atoms with E-state index in [1.807, 2.05) is 12.1 Å². The standard InChI is InChI=1S/C24H29N3O3/c1-17-22(15-18-8-10-19(11-9-18)24(29)25-30)21-6-2-3-7-23(21)27(17)14-13-26-12-4-5-20(26)16-28/h2-3,6-11,20,28,30H,4-5,12-16H2,1H3,(H,25,29)/t20-/m0/s1. The number of nitrogens with zero attached hydrogens (tertiary/aromatic N) is 2. The molecule has 6 nitrogen and oxygen atoms in total. The third-order valence-corrected chi connectivity index (χ3v) is 6.38. The number of aromatic nitrogens is 1. The summed E-state index contributed by atoms with van der Waals surface area (Å²) in [6.07, 6.45) is 3.02. The molecule has 1 fully saturated rings. The molecule has 6 heteroatoms. The molecule has 0 bridgehead atoms. The van der Waals surface area contributed by atoms with Gasteiger partial charge in [0.1, 0.15) is 0 Å². The first-order chi connectivity index (χ1) is 14.6. The highest BCUT2D eigenvalue weighted by atomic mass is 16.5. The van der Waals surface area contributed by atoms with E-state index in [2.05, 4.69) is 40.7 Å². The first-order valence-corrected chi connectivity index (χ1v) is 10.6. The minimum absolute atomic E-state index is 0.237. The molecule has 3 N–H and O–H groups in total. The van der Waals surface area contributed by atoms with Crippen LogP contribution >= 0.6 is 0 Å². The number of carbonyl (C=O) groups excluding carboxylic acids is 1. The molecule has 2 aromatic carbocycles. The van der Waals surface area contributed by atoms with Gasteiger partial charge in [0.15, 0.2) is 0 Å². The molecule has 1 aromatic heterocycles. The van der Waals surface area contributed by atoms with Gasteiger partial charge in [0, 0.05) is 41.3 Å². The SMILES string of the molecule is Cc1c(Cc2ccc(C(=O)NO)cc2)c2ccccc2n1CCN1CCC[C@H]1CO. The smallest absolute Gasteiger partial charge is 0.274 e. The van der Waals surface area contributed by atoms with Gasteiger partial charge in [-0.3, -0.25) is 14.9 Å². The Morgan fingerprint density at radius 2 is 1.90 bits per heavy atom. The van der Waals surface area contributed by atoms with Crippen molar-refractivity contribution in [3.05, 3.63) is 70.9 Å². The molecule has 1 amide bonds. The second kappa shape index (κ2) is 9.00. The lowest BCUT2D eigenvalue weighted by Crippen LogP contribution is -2.34.